The highest BCUT2D eigenvalue weighted by atomic mass is 16.3. The number of nitrogens with one attached hydrogen (secondary N) is 1. The van der Waals surface area contributed by atoms with E-state index in [1.807, 2.05) is 6.92 Å². The van der Waals surface area contributed by atoms with Crippen LogP contribution < -0.4 is 5.32 Å². The Hall–Kier alpha value is -0.610. The van der Waals surface area contributed by atoms with Crippen molar-refractivity contribution in [2.45, 2.75) is 33.1 Å². The molecule has 0 saturated heterocycles. The van der Waals surface area contributed by atoms with Crippen LogP contribution in [0, 0.1) is 0 Å². The number of rotatable bonds is 9. The maximum atomic E-state index is 11.2. The monoisotopic (exact) mass is 216 g/mol. The van der Waals surface area contributed by atoms with Gasteiger partial charge in [-0.1, -0.05) is 13.3 Å². The summed E-state index contributed by atoms with van der Waals surface area (Å²) in [6.45, 7) is 7.29. The van der Waals surface area contributed by atoms with Crippen molar-refractivity contribution in [2.24, 2.45) is 0 Å². The van der Waals surface area contributed by atoms with Crippen LogP contribution in [0.15, 0.2) is 0 Å². The number of aliphatic hydroxyl groups excluding tert-OH is 1. The normalized spacial score (nSPS) is 10.7. The van der Waals surface area contributed by atoms with Crippen LogP contribution in [0.3, 0.4) is 0 Å². The maximum Gasteiger partial charge on any atom is 0.221 e. The second-order valence-corrected chi connectivity index (χ2v) is 3.62. The van der Waals surface area contributed by atoms with Crippen LogP contribution in [0.25, 0.3) is 0 Å². The van der Waals surface area contributed by atoms with E-state index < -0.39 is 0 Å². The Morgan fingerprint density at radius 2 is 2.00 bits per heavy atom. The van der Waals surface area contributed by atoms with Gasteiger partial charge in [-0.25, -0.2) is 0 Å². The molecule has 0 rings (SSSR count). The number of amides is 1. The standard InChI is InChI=1S/C11H24N2O2/c1-3-5-7-13(9-10-14)8-6-11(15)12-4-2/h14H,3-10H2,1-2H3,(H,12,15). The average Bonchev–Trinajstić information content (AvgIpc) is 2.22. The molecule has 0 atom stereocenters. The predicted molar refractivity (Wildman–Crippen MR) is 61.7 cm³/mol. The lowest BCUT2D eigenvalue weighted by Gasteiger charge is -2.20. The summed E-state index contributed by atoms with van der Waals surface area (Å²) in [5.74, 6) is 0.0944. The molecule has 0 spiro atoms. The number of hydrogen-bond acceptors (Lipinski definition) is 3. The zero-order chi connectivity index (χ0) is 11.5. The first-order valence-electron chi connectivity index (χ1n) is 5.84. The minimum atomic E-state index is 0.0944. The fraction of sp³-hybridized carbons (Fsp3) is 0.909. The van der Waals surface area contributed by atoms with E-state index in [4.69, 9.17) is 5.11 Å². The van der Waals surface area contributed by atoms with Gasteiger partial charge in [0.1, 0.15) is 0 Å². The molecule has 1 amide bonds. The highest BCUT2D eigenvalue weighted by Crippen LogP contribution is 1.96. The summed E-state index contributed by atoms with van der Waals surface area (Å²) in [5, 5.41) is 11.6. The molecule has 15 heavy (non-hydrogen) atoms. The van der Waals surface area contributed by atoms with Crippen LogP contribution in [-0.4, -0.2) is 48.7 Å². The van der Waals surface area contributed by atoms with Crippen LogP contribution in [0.5, 0.6) is 0 Å². The van der Waals surface area contributed by atoms with Gasteiger partial charge in [-0.15, -0.1) is 0 Å². The van der Waals surface area contributed by atoms with Crippen LogP contribution in [0.2, 0.25) is 0 Å². The van der Waals surface area contributed by atoms with Gasteiger partial charge in [0.15, 0.2) is 0 Å². The summed E-state index contributed by atoms with van der Waals surface area (Å²) < 4.78 is 0. The van der Waals surface area contributed by atoms with Crippen LogP contribution >= 0.6 is 0 Å². The summed E-state index contributed by atoms with van der Waals surface area (Å²) in [6.07, 6.45) is 2.79. The molecule has 0 aromatic rings. The molecule has 4 nitrogen and oxygen atoms in total. The molecule has 90 valence electrons. The van der Waals surface area contributed by atoms with E-state index in [2.05, 4.69) is 17.1 Å². The predicted octanol–water partition coefficient (Wildman–Crippen LogP) is 0.607. The van der Waals surface area contributed by atoms with Crippen molar-refractivity contribution in [1.82, 2.24) is 10.2 Å². The minimum absolute atomic E-state index is 0.0944. The number of hydrogen-bond donors (Lipinski definition) is 2. The van der Waals surface area contributed by atoms with Crippen LogP contribution in [0.4, 0.5) is 0 Å². The highest BCUT2D eigenvalue weighted by Gasteiger charge is 2.06. The summed E-state index contributed by atoms with van der Waals surface area (Å²) in [5.41, 5.74) is 0. The van der Waals surface area contributed by atoms with Gasteiger partial charge in [-0.2, -0.15) is 0 Å². The molecule has 2 N–H and O–H groups in total. The number of carbonyl (C=O) groups is 1. The van der Waals surface area contributed by atoms with E-state index in [1.54, 1.807) is 0 Å². The zero-order valence-electron chi connectivity index (χ0n) is 9.96. The number of aliphatic hydroxyl groups is 1. The molecule has 0 saturated carbocycles. The van der Waals surface area contributed by atoms with Crippen molar-refractivity contribution in [3.05, 3.63) is 0 Å². The lowest BCUT2D eigenvalue weighted by molar-refractivity contribution is -0.121. The molecule has 0 fully saturated rings. The first kappa shape index (κ1) is 14.4. The lowest BCUT2D eigenvalue weighted by atomic mass is 10.3. The van der Waals surface area contributed by atoms with E-state index in [-0.39, 0.29) is 12.5 Å². The second-order valence-electron chi connectivity index (χ2n) is 3.62. The number of carbonyl (C=O) groups excluding carboxylic acids is 1. The molecule has 0 radical (unpaired) electrons. The largest absolute Gasteiger partial charge is 0.395 e. The Kier molecular flexibility index (Phi) is 9.52. The number of unbranched alkanes of at least 4 members (excludes halogenated alkanes) is 1. The topological polar surface area (TPSA) is 52.6 Å². The lowest BCUT2D eigenvalue weighted by Crippen LogP contribution is -2.33. The van der Waals surface area contributed by atoms with E-state index in [9.17, 15) is 4.79 Å². The minimum Gasteiger partial charge on any atom is -0.395 e. The highest BCUT2D eigenvalue weighted by molar-refractivity contribution is 5.75. The molecule has 0 heterocycles. The van der Waals surface area contributed by atoms with Crippen molar-refractivity contribution in [3.8, 4) is 0 Å². The van der Waals surface area contributed by atoms with Crippen LogP contribution in [-0.2, 0) is 4.79 Å². The summed E-state index contributed by atoms with van der Waals surface area (Å²) in [7, 11) is 0. The van der Waals surface area contributed by atoms with E-state index in [0.29, 0.717) is 19.5 Å². The van der Waals surface area contributed by atoms with Crippen molar-refractivity contribution in [3.63, 3.8) is 0 Å². The van der Waals surface area contributed by atoms with Gasteiger partial charge in [0, 0.05) is 26.1 Å². The molecule has 0 unspecified atom stereocenters. The third kappa shape index (κ3) is 8.39. The first-order chi connectivity index (χ1) is 7.24. The average molecular weight is 216 g/mol. The maximum absolute atomic E-state index is 11.2. The molecule has 0 aromatic heterocycles. The van der Waals surface area contributed by atoms with Gasteiger partial charge in [-0.3, -0.25) is 4.79 Å². The third-order valence-corrected chi connectivity index (χ3v) is 2.27. The Labute approximate surface area is 92.7 Å². The third-order valence-electron chi connectivity index (χ3n) is 2.27. The molecule has 4 heteroatoms. The van der Waals surface area contributed by atoms with Crippen molar-refractivity contribution in [1.29, 1.82) is 0 Å². The Morgan fingerprint density at radius 3 is 2.53 bits per heavy atom. The molecule has 0 aliphatic carbocycles. The first-order valence-corrected chi connectivity index (χ1v) is 5.84. The Bertz CT molecular complexity index is 163. The summed E-state index contributed by atoms with van der Waals surface area (Å²) >= 11 is 0. The molecular weight excluding hydrogens is 192 g/mol. The molecule has 0 aliphatic heterocycles. The Balaban J connectivity index is 3.68. The van der Waals surface area contributed by atoms with Gasteiger partial charge in [-0.05, 0) is 19.9 Å². The van der Waals surface area contributed by atoms with Gasteiger partial charge < -0.3 is 15.3 Å². The van der Waals surface area contributed by atoms with Crippen LogP contribution in [0.1, 0.15) is 33.1 Å². The second kappa shape index (κ2) is 9.93. The SMILES string of the molecule is CCCCN(CCO)CCC(=O)NCC. The van der Waals surface area contributed by atoms with E-state index >= 15 is 0 Å². The van der Waals surface area contributed by atoms with Gasteiger partial charge >= 0.3 is 0 Å². The summed E-state index contributed by atoms with van der Waals surface area (Å²) in [4.78, 5) is 13.4. The van der Waals surface area contributed by atoms with E-state index in [1.165, 1.54) is 0 Å². The quantitative estimate of drug-likeness (QED) is 0.593. The smallest absolute Gasteiger partial charge is 0.221 e. The molecule has 0 aromatic carbocycles. The molecule has 0 bridgehead atoms. The molecular formula is C11H24N2O2. The fourth-order valence-corrected chi connectivity index (χ4v) is 1.40. The van der Waals surface area contributed by atoms with Crippen molar-refractivity contribution < 1.29 is 9.90 Å². The summed E-state index contributed by atoms with van der Waals surface area (Å²) in [6, 6.07) is 0. The van der Waals surface area contributed by atoms with Gasteiger partial charge in [0.2, 0.25) is 5.91 Å². The van der Waals surface area contributed by atoms with Gasteiger partial charge in [0.25, 0.3) is 0 Å². The number of nitrogens with zero attached hydrogens (tertiary/aromatic N) is 1. The van der Waals surface area contributed by atoms with Crippen molar-refractivity contribution in [2.75, 3.05) is 32.8 Å². The van der Waals surface area contributed by atoms with Gasteiger partial charge in [0.05, 0.1) is 6.61 Å². The zero-order valence-corrected chi connectivity index (χ0v) is 9.96. The Morgan fingerprint density at radius 1 is 1.27 bits per heavy atom. The van der Waals surface area contributed by atoms with Crippen molar-refractivity contribution >= 4 is 5.91 Å². The van der Waals surface area contributed by atoms with E-state index in [0.717, 1.165) is 25.9 Å². The molecule has 0 aliphatic rings. The fourth-order valence-electron chi connectivity index (χ4n) is 1.40.